The Hall–Kier alpha value is -2.47. The minimum absolute atomic E-state index is 0.0423. The number of hydrogen-bond acceptors (Lipinski definition) is 7. The number of piperidine rings is 1. The normalized spacial score (nSPS) is 19.0. The molecule has 2 aromatic heterocycles. The fourth-order valence-electron chi connectivity index (χ4n) is 4.65. The summed E-state index contributed by atoms with van der Waals surface area (Å²) in [5.74, 6) is 2.57. The Morgan fingerprint density at radius 1 is 1.31 bits per heavy atom. The van der Waals surface area contributed by atoms with Gasteiger partial charge in [-0.2, -0.15) is 5.26 Å². The zero-order chi connectivity index (χ0) is 22.6. The lowest BCUT2D eigenvalue weighted by molar-refractivity contribution is -0.131. The quantitative estimate of drug-likeness (QED) is 0.583. The third-order valence-corrected chi connectivity index (χ3v) is 7.84. The van der Waals surface area contributed by atoms with Crippen molar-refractivity contribution in [2.45, 2.75) is 69.1 Å². The SMILES string of the molecule is CC1CCN(c2nnc(SCC(=O)N(C)C3(C#N)CCCCC3)n2Cc2ccco2)CC1. The van der Waals surface area contributed by atoms with Crippen LogP contribution < -0.4 is 4.90 Å². The van der Waals surface area contributed by atoms with Gasteiger partial charge in [0, 0.05) is 20.1 Å². The molecule has 0 radical (unpaired) electrons. The van der Waals surface area contributed by atoms with Crippen LogP contribution in [0.25, 0.3) is 0 Å². The van der Waals surface area contributed by atoms with Gasteiger partial charge in [-0.3, -0.25) is 9.36 Å². The predicted octanol–water partition coefficient (Wildman–Crippen LogP) is 3.93. The lowest BCUT2D eigenvalue weighted by Crippen LogP contribution is -2.50. The minimum atomic E-state index is -0.673. The number of amides is 1. The molecule has 1 saturated heterocycles. The van der Waals surface area contributed by atoms with Gasteiger partial charge < -0.3 is 14.2 Å². The van der Waals surface area contributed by atoms with E-state index in [1.54, 1.807) is 18.2 Å². The number of aromatic nitrogens is 3. The van der Waals surface area contributed by atoms with E-state index in [0.29, 0.717) is 11.7 Å². The Balaban J connectivity index is 1.49. The van der Waals surface area contributed by atoms with Gasteiger partial charge in [0.1, 0.15) is 11.3 Å². The summed E-state index contributed by atoms with van der Waals surface area (Å²) >= 11 is 1.38. The van der Waals surface area contributed by atoms with Gasteiger partial charge in [-0.1, -0.05) is 37.9 Å². The molecule has 0 bridgehead atoms. The number of furan rings is 1. The molecule has 0 spiro atoms. The first-order chi connectivity index (χ1) is 15.5. The highest BCUT2D eigenvalue weighted by atomic mass is 32.2. The van der Waals surface area contributed by atoms with Crippen molar-refractivity contribution < 1.29 is 9.21 Å². The molecule has 2 aliphatic rings. The van der Waals surface area contributed by atoms with Crippen molar-refractivity contribution in [3.05, 3.63) is 24.2 Å². The lowest BCUT2D eigenvalue weighted by Gasteiger charge is -2.39. The third kappa shape index (κ3) is 4.80. The molecule has 0 unspecified atom stereocenters. The summed E-state index contributed by atoms with van der Waals surface area (Å²) in [6.07, 6.45) is 8.56. The Labute approximate surface area is 193 Å². The van der Waals surface area contributed by atoms with E-state index >= 15 is 0 Å². The zero-order valence-corrected chi connectivity index (χ0v) is 19.8. The summed E-state index contributed by atoms with van der Waals surface area (Å²) in [4.78, 5) is 17.0. The molecule has 2 fully saturated rings. The summed E-state index contributed by atoms with van der Waals surface area (Å²) < 4.78 is 7.63. The number of hydrogen-bond donors (Lipinski definition) is 0. The lowest BCUT2D eigenvalue weighted by atomic mass is 9.81. The van der Waals surface area contributed by atoms with Crippen molar-refractivity contribution in [1.82, 2.24) is 19.7 Å². The molecule has 0 N–H and O–H groups in total. The maximum atomic E-state index is 13.0. The van der Waals surface area contributed by atoms with Crippen molar-refractivity contribution in [2.75, 3.05) is 30.8 Å². The van der Waals surface area contributed by atoms with Crippen LogP contribution in [0.5, 0.6) is 0 Å². The van der Waals surface area contributed by atoms with Gasteiger partial charge in [0.25, 0.3) is 0 Å². The molecule has 172 valence electrons. The molecule has 3 heterocycles. The monoisotopic (exact) mass is 456 g/mol. The number of nitriles is 1. The van der Waals surface area contributed by atoms with Gasteiger partial charge in [0.2, 0.25) is 11.9 Å². The highest BCUT2D eigenvalue weighted by Crippen LogP contribution is 2.33. The smallest absolute Gasteiger partial charge is 0.234 e. The van der Waals surface area contributed by atoms with Crippen molar-refractivity contribution in [1.29, 1.82) is 5.26 Å². The molecule has 1 aliphatic heterocycles. The number of thioether (sulfide) groups is 1. The largest absolute Gasteiger partial charge is 0.467 e. The first-order valence-electron chi connectivity index (χ1n) is 11.5. The second-order valence-electron chi connectivity index (χ2n) is 9.06. The summed E-state index contributed by atoms with van der Waals surface area (Å²) in [5.41, 5.74) is -0.673. The average Bonchev–Trinajstić information content (AvgIpc) is 3.48. The van der Waals surface area contributed by atoms with Gasteiger partial charge in [-0.15, -0.1) is 10.2 Å². The average molecular weight is 457 g/mol. The van der Waals surface area contributed by atoms with Crippen molar-refractivity contribution in [2.24, 2.45) is 5.92 Å². The number of rotatable bonds is 7. The number of nitrogens with zero attached hydrogens (tertiary/aromatic N) is 6. The van der Waals surface area contributed by atoms with E-state index < -0.39 is 5.54 Å². The number of anilines is 1. The molecule has 0 atom stereocenters. The Morgan fingerprint density at radius 3 is 2.72 bits per heavy atom. The van der Waals surface area contributed by atoms with Crippen LogP contribution >= 0.6 is 11.8 Å². The second-order valence-corrected chi connectivity index (χ2v) is 10.0. The third-order valence-electron chi connectivity index (χ3n) is 6.89. The zero-order valence-electron chi connectivity index (χ0n) is 19.0. The maximum Gasteiger partial charge on any atom is 0.234 e. The summed E-state index contributed by atoms with van der Waals surface area (Å²) in [7, 11) is 1.77. The van der Waals surface area contributed by atoms with E-state index in [1.165, 1.54) is 11.8 Å². The van der Waals surface area contributed by atoms with Crippen LogP contribution in [0.4, 0.5) is 5.95 Å². The van der Waals surface area contributed by atoms with Gasteiger partial charge in [0.15, 0.2) is 5.16 Å². The molecule has 9 heteroatoms. The minimum Gasteiger partial charge on any atom is -0.467 e. The van der Waals surface area contributed by atoms with E-state index in [-0.39, 0.29) is 11.7 Å². The molecule has 8 nitrogen and oxygen atoms in total. The fourth-order valence-corrected chi connectivity index (χ4v) is 5.49. The van der Waals surface area contributed by atoms with Crippen LogP contribution in [-0.4, -0.2) is 57.0 Å². The van der Waals surface area contributed by atoms with Crippen molar-refractivity contribution in [3.63, 3.8) is 0 Å². The number of carbonyl (C=O) groups excluding carboxylic acids is 1. The van der Waals surface area contributed by atoms with E-state index in [0.717, 1.165) is 75.7 Å². The van der Waals surface area contributed by atoms with Crippen molar-refractivity contribution in [3.8, 4) is 6.07 Å². The second kappa shape index (κ2) is 9.99. The van der Waals surface area contributed by atoms with Crippen LogP contribution in [0.2, 0.25) is 0 Å². The van der Waals surface area contributed by atoms with Crippen LogP contribution in [0.1, 0.15) is 57.6 Å². The van der Waals surface area contributed by atoms with Gasteiger partial charge in [0.05, 0.1) is 24.6 Å². The van der Waals surface area contributed by atoms with E-state index in [2.05, 4.69) is 28.1 Å². The molecule has 0 aromatic carbocycles. The van der Waals surface area contributed by atoms with Crippen LogP contribution in [0.15, 0.2) is 28.0 Å². The highest BCUT2D eigenvalue weighted by molar-refractivity contribution is 7.99. The standard InChI is InChI=1S/C23H32N6O2S/c1-18-8-12-28(13-9-18)21-25-26-22(29(21)15-19-7-6-14-31-19)32-16-20(30)27(2)23(17-24)10-4-3-5-11-23/h6-7,14,18H,3-5,8-13,15-16H2,1-2H3. The Bertz CT molecular complexity index is 936. The molecule has 4 rings (SSSR count). The molecule has 2 aromatic rings. The molecular formula is C23H32N6O2S. The molecule has 1 saturated carbocycles. The van der Waals surface area contributed by atoms with Crippen molar-refractivity contribution >= 4 is 23.6 Å². The van der Waals surface area contributed by atoms with E-state index in [9.17, 15) is 10.1 Å². The Morgan fingerprint density at radius 2 is 2.06 bits per heavy atom. The molecule has 1 aliphatic carbocycles. The summed E-state index contributed by atoms with van der Waals surface area (Å²) in [6.45, 7) is 4.72. The molecule has 1 amide bonds. The highest BCUT2D eigenvalue weighted by Gasteiger charge is 2.38. The van der Waals surface area contributed by atoms with Gasteiger partial charge in [-0.05, 0) is 43.7 Å². The fraction of sp³-hybridized carbons (Fsp3) is 0.652. The van der Waals surface area contributed by atoms with Gasteiger partial charge in [-0.25, -0.2) is 0 Å². The van der Waals surface area contributed by atoms with E-state index in [4.69, 9.17) is 4.42 Å². The summed E-state index contributed by atoms with van der Waals surface area (Å²) in [5, 5.41) is 19.4. The topological polar surface area (TPSA) is 91.2 Å². The first-order valence-corrected chi connectivity index (χ1v) is 12.5. The maximum absolute atomic E-state index is 13.0. The Kier molecular flexibility index (Phi) is 7.09. The summed E-state index contributed by atoms with van der Waals surface area (Å²) in [6, 6.07) is 6.25. The van der Waals surface area contributed by atoms with Crippen LogP contribution in [0, 0.1) is 17.2 Å². The van der Waals surface area contributed by atoms with E-state index in [1.807, 2.05) is 16.7 Å². The predicted molar refractivity (Wildman–Crippen MR) is 123 cm³/mol. The van der Waals surface area contributed by atoms with Gasteiger partial charge >= 0.3 is 0 Å². The van der Waals surface area contributed by atoms with Crippen LogP contribution in [0.3, 0.4) is 0 Å². The molecular weight excluding hydrogens is 424 g/mol. The first kappa shape index (κ1) is 22.7. The number of carbonyl (C=O) groups is 1. The molecule has 32 heavy (non-hydrogen) atoms. The van der Waals surface area contributed by atoms with Crippen LogP contribution in [-0.2, 0) is 11.3 Å².